The molecule has 0 atom stereocenters. The number of rotatable bonds is 7. The fraction of sp³-hybridized carbons (Fsp3) is 0.292. The molecular formula is C24H27N3OS. The van der Waals surface area contributed by atoms with Gasteiger partial charge in [-0.1, -0.05) is 36.4 Å². The van der Waals surface area contributed by atoms with Crippen LogP contribution in [0.1, 0.15) is 16.9 Å². The predicted octanol–water partition coefficient (Wildman–Crippen LogP) is 4.64. The van der Waals surface area contributed by atoms with E-state index in [0.717, 1.165) is 44.8 Å². The first kappa shape index (κ1) is 19.7. The first-order valence-electron chi connectivity index (χ1n) is 10.2. The van der Waals surface area contributed by atoms with Gasteiger partial charge in [-0.3, -0.25) is 9.69 Å². The third-order valence-electron chi connectivity index (χ3n) is 5.32. The lowest BCUT2D eigenvalue weighted by Crippen LogP contribution is -2.45. The van der Waals surface area contributed by atoms with Crippen molar-refractivity contribution in [3.05, 3.63) is 82.6 Å². The van der Waals surface area contributed by atoms with Crippen LogP contribution in [0.3, 0.4) is 0 Å². The van der Waals surface area contributed by atoms with Gasteiger partial charge < -0.3 is 10.2 Å². The third kappa shape index (κ3) is 5.68. The Morgan fingerprint density at radius 1 is 0.897 bits per heavy atom. The normalized spacial score (nSPS) is 14.7. The average molecular weight is 406 g/mol. The van der Waals surface area contributed by atoms with Crippen LogP contribution in [-0.2, 0) is 17.8 Å². The highest BCUT2D eigenvalue weighted by atomic mass is 32.1. The molecule has 4 nitrogen and oxygen atoms in total. The lowest BCUT2D eigenvalue weighted by molar-refractivity contribution is -0.116. The molecule has 0 saturated carbocycles. The molecule has 1 fully saturated rings. The van der Waals surface area contributed by atoms with Gasteiger partial charge in [-0.25, -0.2) is 0 Å². The molecule has 2 aromatic carbocycles. The van der Waals surface area contributed by atoms with Crippen LogP contribution < -0.4 is 10.2 Å². The second kappa shape index (κ2) is 9.72. The molecule has 1 amide bonds. The molecule has 3 aromatic rings. The molecule has 0 bridgehead atoms. The largest absolute Gasteiger partial charge is 0.369 e. The fourth-order valence-electron chi connectivity index (χ4n) is 3.68. The predicted molar refractivity (Wildman–Crippen MR) is 122 cm³/mol. The van der Waals surface area contributed by atoms with E-state index in [1.54, 1.807) is 11.3 Å². The quantitative estimate of drug-likeness (QED) is 0.622. The van der Waals surface area contributed by atoms with Gasteiger partial charge in [0.15, 0.2) is 0 Å². The van der Waals surface area contributed by atoms with Crippen LogP contribution >= 0.6 is 11.3 Å². The molecule has 5 heteroatoms. The molecule has 150 valence electrons. The second-order valence-electron chi connectivity index (χ2n) is 7.42. The van der Waals surface area contributed by atoms with Crippen LogP contribution in [0.4, 0.5) is 11.4 Å². The zero-order valence-corrected chi connectivity index (χ0v) is 17.4. The Morgan fingerprint density at radius 2 is 1.66 bits per heavy atom. The summed E-state index contributed by atoms with van der Waals surface area (Å²) >= 11 is 1.70. The van der Waals surface area contributed by atoms with Crippen LogP contribution in [0.15, 0.2) is 72.1 Å². The summed E-state index contributed by atoms with van der Waals surface area (Å²) < 4.78 is 0. The fourth-order valence-corrected chi connectivity index (χ4v) is 4.39. The summed E-state index contributed by atoms with van der Waals surface area (Å²) in [6, 6.07) is 23.0. The summed E-state index contributed by atoms with van der Waals surface area (Å²) in [7, 11) is 0. The zero-order chi connectivity index (χ0) is 19.9. The SMILES string of the molecule is O=C(CCc1cccs1)Nc1ccc(N2CCN(Cc3ccccc3)CC2)cc1. The second-order valence-corrected chi connectivity index (χ2v) is 8.46. The summed E-state index contributed by atoms with van der Waals surface area (Å²) in [6.07, 6.45) is 1.32. The van der Waals surface area contributed by atoms with E-state index in [9.17, 15) is 4.79 Å². The minimum absolute atomic E-state index is 0.0701. The lowest BCUT2D eigenvalue weighted by atomic mass is 10.2. The number of anilines is 2. The van der Waals surface area contributed by atoms with Gasteiger partial charge in [0.05, 0.1) is 0 Å². The molecular weight excluding hydrogens is 378 g/mol. The van der Waals surface area contributed by atoms with E-state index in [2.05, 4.69) is 63.6 Å². The van der Waals surface area contributed by atoms with Gasteiger partial charge in [-0.2, -0.15) is 0 Å². The van der Waals surface area contributed by atoms with Gasteiger partial charge in [0.1, 0.15) is 0 Å². The van der Waals surface area contributed by atoms with Gasteiger partial charge in [-0.05, 0) is 47.7 Å². The van der Waals surface area contributed by atoms with E-state index in [1.807, 2.05) is 23.6 Å². The summed E-state index contributed by atoms with van der Waals surface area (Å²) in [6.45, 7) is 5.20. The van der Waals surface area contributed by atoms with Crippen molar-refractivity contribution < 1.29 is 4.79 Å². The average Bonchev–Trinajstić information content (AvgIpc) is 3.28. The monoisotopic (exact) mass is 405 g/mol. The minimum atomic E-state index is 0.0701. The first-order chi connectivity index (χ1) is 14.3. The third-order valence-corrected chi connectivity index (χ3v) is 6.25. The standard InChI is InChI=1S/C24H27N3OS/c28-24(13-12-23-7-4-18-29-23)25-21-8-10-22(11-9-21)27-16-14-26(15-17-27)19-20-5-2-1-3-6-20/h1-11,18H,12-17,19H2,(H,25,28). The molecule has 1 N–H and O–H groups in total. The van der Waals surface area contributed by atoms with Crippen LogP contribution in [0.25, 0.3) is 0 Å². The molecule has 1 aliphatic heterocycles. The Kier molecular flexibility index (Phi) is 6.60. The van der Waals surface area contributed by atoms with Crippen molar-refractivity contribution in [2.24, 2.45) is 0 Å². The zero-order valence-electron chi connectivity index (χ0n) is 16.6. The number of carbonyl (C=O) groups excluding carboxylic acids is 1. The number of thiophene rings is 1. The van der Waals surface area contributed by atoms with E-state index in [4.69, 9.17) is 0 Å². The molecule has 1 aliphatic rings. The number of hydrogen-bond acceptors (Lipinski definition) is 4. The highest BCUT2D eigenvalue weighted by Gasteiger charge is 2.17. The van der Waals surface area contributed by atoms with Crippen molar-refractivity contribution in [3.63, 3.8) is 0 Å². The van der Waals surface area contributed by atoms with Crippen LogP contribution in [0.5, 0.6) is 0 Å². The molecule has 4 rings (SSSR count). The lowest BCUT2D eigenvalue weighted by Gasteiger charge is -2.36. The topological polar surface area (TPSA) is 35.6 Å². The Hall–Kier alpha value is -2.63. The summed E-state index contributed by atoms with van der Waals surface area (Å²) in [5, 5.41) is 5.06. The molecule has 0 unspecified atom stereocenters. The first-order valence-corrected chi connectivity index (χ1v) is 11.1. The number of aryl methyl sites for hydroxylation is 1. The van der Waals surface area contributed by atoms with Gasteiger partial charge in [0.2, 0.25) is 5.91 Å². The van der Waals surface area contributed by atoms with Crippen molar-refractivity contribution in [1.29, 1.82) is 0 Å². The summed E-state index contributed by atoms with van der Waals surface area (Å²) in [5.74, 6) is 0.0701. The number of piperazine rings is 1. The number of carbonyl (C=O) groups is 1. The van der Waals surface area contributed by atoms with Crippen LogP contribution in [-0.4, -0.2) is 37.0 Å². The van der Waals surface area contributed by atoms with E-state index >= 15 is 0 Å². The van der Waals surface area contributed by atoms with Crippen LogP contribution in [0, 0.1) is 0 Å². The maximum Gasteiger partial charge on any atom is 0.224 e. The molecule has 0 aliphatic carbocycles. The van der Waals surface area contributed by atoms with Gasteiger partial charge in [0.25, 0.3) is 0 Å². The van der Waals surface area contributed by atoms with E-state index < -0.39 is 0 Å². The Labute approximate surface area is 176 Å². The molecule has 0 spiro atoms. The van der Waals surface area contributed by atoms with Crippen LogP contribution in [0.2, 0.25) is 0 Å². The van der Waals surface area contributed by atoms with Crippen molar-refractivity contribution in [2.45, 2.75) is 19.4 Å². The molecule has 0 radical (unpaired) electrons. The van der Waals surface area contributed by atoms with Gasteiger partial charge in [-0.15, -0.1) is 11.3 Å². The number of nitrogens with zero attached hydrogens (tertiary/aromatic N) is 2. The van der Waals surface area contributed by atoms with Gasteiger partial charge in [0, 0.05) is 55.4 Å². The van der Waals surface area contributed by atoms with Crippen molar-refractivity contribution in [3.8, 4) is 0 Å². The number of hydrogen-bond donors (Lipinski definition) is 1. The highest BCUT2D eigenvalue weighted by Crippen LogP contribution is 2.20. The smallest absolute Gasteiger partial charge is 0.224 e. The maximum absolute atomic E-state index is 12.2. The van der Waals surface area contributed by atoms with Gasteiger partial charge >= 0.3 is 0 Å². The Morgan fingerprint density at radius 3 is 2.34 bits per heavy atom. The molecule has 1 saturated heterocycles. The minimum Gasteiger partial charge on any atom is -0.369 e. The molecule has 29 heavy (non-hydrogen) atoms. The molecule has 1 aromatic heterocycles. The molecule has 2 heterocycles. The summed E-state index contributed by atoms with van der Waals surface area (Å²) in [5.41, 5.74) is 3.47. The Balaban J connectivity index is 1.23. The maximum atomic E-state index is 12.2. The van der Waals surface area contributed by atoms with E-state index in [0.29, 0.717) is 6.42 Å². The number of amides is 1. The van der Waals surface area contributed by atoms with Crippen molar-refractivity contribution >= 4 is 28.6 Å². The Bertz CT molecular complexity index is 886. The number of benzene rings is 2. The van der Waals surface area contributed by atoms with Crippen molar-refractivity contribution in [1.82, 2.24) is 4.90 Å². The summed E-state index contributed by atoms with van der Waals surface area (Å²) in [4.78, 5) is 18.3. The van der Waals surface area contributed by atoms with E-state index in [-0.39, 0.29) is 5.91 Å². The van der Waals surface area contributed by atoms with Crippen molar-refractivity contribution in [2.75, 3.05) is 36.4 Å². The van der Waals surface area contributed by atoms with E-state index in [1.165, 1.54) is 16.1 Å². The number of nitrogens with one attached hydrogen (secondary N) is 1. The highest BCUT2D eigenvalue weighted by molar-refractivity contribution is 7.09.